The Balaban J connectivity index is 1.05. The lowest BCUT2D eigenvalue weighted by Gasteiger charge is -2.41. The highest BCUT2D eigenvalue weighted by Crippen LogP contribution is 2.35. The number of amides is 5. The molecule has 5 amide bonds. The minimum Gasteiger partial charge on any atom is -0.506 e. The largest absolute Gasteiger partial charge is 0.506 e. The van der Waals surface area contributed by atoms with Crippen LogP contribution in [-0.2, 0) is 27.2 Å². The summed E-state index contributed by atoms with van der Waals surface area (Å²) in [5, 5.41) is 23.4. The molecule has 1 atom stereocenters. The number of hydroxylamine groups is 2. The van der Waals surface area contributed by atoms with E-state index in [1.807, 2.05) is 34.1 Å². The summed E-state index contributed by atoms with van der Waals surface area (Å²) in [7, 11) is 1.35. The molecule has 0 spiro atoms. The van der Waals surface area contributed by atoms with Gasteiger partial charge in [0.05, 0.1) is 15.5 Å². The zero-order valence-corrected chi connectivity index (χ0v) is 32.7. The molecule has 3 fully saturated rings. The molecule has 15 heteroatoms. The molecular formula is C37H48Br2N6O7. The number of hydrogen-bond donors (Lipinski definition) is 3. The van der Waals surface area contributed by atoms with E-state index in [1.165, 1.54) is 7.05 Å². The maximum atomic E-state index is 14.1. The van der Waals surface area contributed by atoms with Crippen molar-refractivity contribution in [3.63, 3.8) is 0 Å². The summed E-state index contributed by atoms with van der Waals surface area (Å²) in [6.07, 6.45) is 4.17. The number of anilines is 1. The van der Waals surface area contributed by atoms with Gasteiger partial charge < -0.3 is 29.9 Å². The van der Waals surface area contributed by atoms with Gasteiger partial charge in [0.2, 0.25) is 0 Å². The van der Waals surface area contributed by atoms with Crippen LogP contribution in [-0.4, -0.2) is 130 Å². The van der Waals surface area contributed by atoms with Crippen molar-refractivity contribution in [3.05, 3.63) is 56.5 Å². The Morgan fingerprint density at radius 1 is 0.904 bits per heavy atom. The quantitative estimate of drug-likeness (QED) is 0.239. The van der Waals surface area contributed by atoms with Crippen molar-refractivity contribution < 1.29 is 34.2 Å². The predicted octanol–water partition coefficient (Wildman–Crippen LogP) is 5.32. The number of aromatic hydroxyl groups is 1. The number of piperidine rings is 3. The third-order valence-electron chi connectivity index (χ3n) is 11.2. The van der Waals surface area contributed by atoms with Gasteiger partial charge >= 0.3 is 12.1 Å². The summed E-state index contributed by atoms with van der Waals surface area (Å²) in [6, 6.07) is 11.2. The van der Waals surface area contributed by atoms with Gasteiger partial charge in [0, 0.05) is 57.9 Å². The lowest BCUT2D eigenvalue weighted by atomic mass is 9.78. The Labute approximate surface area is 321 Å². The minimum atomic E-state index is -1.05. The molecule has 2 aromatic rings. The highest BCUT2D eigenvalue weighted by atomic mass is 79.9. The highest BCUT2D eigenvalue weighted by molar-refractivity contribution is 9.11. The number of hydrogen-bond acceptors (Lipinski definition) is 8. The number of urea groups is 1. The number of halogens is 2. The van der Waals surface area contributed by atoms with Crippen molar-refractivity contribution in [1.29, 1.82) is 0 Å². The standard InChI is InChI=1S/C37H48Br2N6O7/c1-41(51)33(46)23-42-13-6-25(7-14-42)26-8-15-43(16-9-26)35(48)32(22-24-20-29(38)34(47)30(39)21-24)52-37(50)44-17-11-28(12-18-44)45-19-10-27-4-2-3-5-31(27)40-36(45)49/h2-5,20-21,25-26,28,32,47,51H,6-19,22-23H2,1H3,(H,40,49)/t32-/m1/s1. The van der Waals surface area contributed by atoms with Crippen molar-refractivity contribution in [1.82, 2.24) is 24.7 Å². The number of carbonyl (C=O) groups is 4. The van der Waals surface area contributed by atoms with Crippen LogP contribution in [0.5, 0.6) is 5.75 Å². The Hall–Kier alpha value is -3.40. The molecule has 6 rings (SSSR count). The van der Waals surface area contributed by atoms with Crippen LogP contribution in [0.2, 0.25) is 0 Å². The number of carbonyl (C=O) groups excluding carboxylic acids is 4. The van der Waals surface area contributed by atoms with Crippen LogP contribution in [0.25, 0.3) is 0 Å². The number of likely N-dealkylation sites (tertiary alicyclic amines) is 3. The smallest absolute Gasteiger partial charge is 0.410 e. The van der Waals surface area contributed by atoms with E-state index in [0.717, 1.165) is 62.0 Å². The first-order valence-electron chi connectivity index (χ1n) is 18.2. The molecule has 0 unspecified atom stereocenters. The molecule has 4 heterocycles. The molecule has 0 aromatic heterocycles. The van der Waals surface area contributed by atoms with Gasteiger partial charge in [-0.05, 0) is 131 Å². The lowest BCUT2D eigenvalue weighted by Crippen LogP contribution is -2.52. The lowest BCUT2D eigenvalue weighted by molar-refractivity contribution is -0.160. The van der Waals surface area contributed by atoms with Gasteiger partial charge in [0.25, 0.3) is 11.8 Å². The Morgan fingerprint density at radius 3 is 2.13 bits per heavy atom. The summed E-state index contributed by atoms with van der Waals surface area (Å²) in [5.41, 5.74) is 2.67. The Bertz CT molecular complexity index is 1600. The maximum Gasteiger partial charge on any atom is 0.410 e. The summed E-state index contributed by atoms with van der Waals surface area (Å²) in [5.74, 6) is 0.479. The van der Waals surface area contributed by atoms with Gasteiger partial charge in [-0.1, -0.05) is 18.2 Å². The van der Waals surface area contributed by atoms with Gasteiger partial charge in [0.1, 0.15) is 5.75 Å². The second-order valence-electron chi connectivity index (χ2n) is 14.4. The van der Waals surface area contributed by atoms with E-state index in [4.69, 9.17) is 4.74 Å². The Morgan fingerprint density at radius 2 is 1.50 bits per heavy atom. The Kier molecular flexibility index (Phi) is 12.7. The van der Waals surface area contributed by atoms with E-state index in [0.29, 0.717) is 71.4 Å². The van der Waals surface area contributed by atoms with Crippen LogP contribution in [0.3, 0.4) is 0 Å². The minimum absolute atomic E-state index is 0.0132. The SMILES string of the molecule is CN(O)C(=O)CN1CCC(C2CCN(C(=O)[C@@H](Cc3cc(Br)c(O)c(Br)c3)OC(=O)N3CCC(N4CCc5ccccc5NC4=O)CC3)CC2)CC1. The molecule has 282 valence electrons. The van der Waals surface area contributed by atoms with E-state index in [1.54, 1.807) is 17.0 Å². The van der Waals surface area contributed by atoms with E-state index >= 15 is 0 Å². The molecule has 0 saturated carbocycles. The predicted molar refractivity (Wildman–Crippen MR) is 201 cm³/mol. The van der Waals surface area contributed by atoms with Gasteiger partial charge in [-0.2, -0.15) is 0 Å². The molecular weight excluding hydrogens is 800 g/mol. The van der Waals surface area contributed by atoms with Crippen LogP contribution >= 0.6 is 31.9 Å². The first-order chi connectivity index (χ1) is 25.0. The van der Waals surface area contributed by atoms with E-state index < -0.39 is 12.2 Å². The number of ether oxygens (including phenoxy) is 1. The molecule has 13 nitrogen and oxygen atoms in total. The van der Waals surface area contributed by atoms with E-state index in [2.05, 4.69) is 42.1 Å². The molecule has 52 heavy (non-hydrogen) atoms. The number of likely N-dealkylation sites (N-methyl/N-ethyl adjacent to an activating group) is 1. The fourth-order valence-corrected chi connectivity index (χ4v) is 9.38. The monoisotopic (exact) mass is 846 g/mol. The molecule has 0 bridgehead atoms. The average molecular weight is 849 g/mol. The van der Waals surface area contributed by atoms with E-state index in [9.17, 15) is 29.5 Å². The second-order valence-corrected chi connectivity index (χ2v) is 16.1. The number of nitrogens with one attached hydrogen (secondary N) is 1. The first kappa shape index (κ1) is 38.3. The number of nitrogens with zero attached hydrogens (tertiary/aromatic N) is 5. The molecule has 3 N–H and O–H groups in total. The van der Waals surface area contributed by atoms with Crippen LogP contribution in [0.1, 0.15) is 49.7 Å². The topological polar surface area (TPSA) is 146 Å². The highest BCUT2D eigenvalue weighted by Gasteiger charge is 2.37. The van der Waals surface area contributed by atoms with E-state index in [-0.39, 0.29) is 42.6 Å². The number of rotatable bonds is 8. The van der Waals surface area contributed by atoms with Crippen molar-refractivity contribution in [2.24, 2.45) is 11.8 Å². The molecule has 2 aromatic carbocycles. The normalized spacial score (nSPS) is 20.2. The van der Waals surface area contributed by atoms with Crippen LogP contribution in [0.4, 0.5) is 15.3 Å². The fraction of sp³-hybridized carbons (Fsp3) is 0.568. The zero-order chi connectivity index (χ0) is 36.9. The van der Waals surface area contributed by atoms with Crippen molar-refractivity contribution in [2.45, 2.75) is 63.5 Å². The second kappa shape index (κ2) is 17.2. The van der Waals surface area contributed by atoms with Crippen molar-refractivity contribution in [2.75, 3.05) is 64.7 Å². The number of phenols is 1. The van der Waals surface area contributed by atoms with Crippen LogP contribution in [0.15, 0.2) is 45.3 Å². The number of para-hydroxylation sites is 1. The van der Waals surface area contributed by atoms with Gasteiger partial charge in [-0.3, -0.25) is 19.7 Å². The number of benzene rings is 2. The summed E-state index contributed by atoms with van der Waals surface area (Å²) >= 11 is 6.76. The molecule has 0 aliphatic carbocycles. The van der Waals surface area contributed by atoms with Gasteiger partial charge in [-0.15, -0.1) is 0 Å². The molecule has 4 aliphatic heterocycles. The fourth-order valence-electron chi connectivity index (χ4n) is 8.09. The molecule has 0 radical (unpaired) electrons. The summed E-state index contributed by atoms with van der Waals surface area (Å²) < 4.78 is 6.98. The van der Waals surface area contributed by atoms with Gasteiger partial charge in [-0.25, -0.2) is 14.7 Å². The van der Waals surface area contributed by atoms with Crippen molar-refractivity contribution in [3.8, 4) is 5.75 Å². The number of fused-ring (bicyclic) bond motifs is 1. The van der Waals surface area contributed by atoms with Crippen LogP contribution in [0, 0.1) is 11.8 Å². The molecule has 3 saturated heterocycles. The third kappa shape index (κ3) is 9.20. The average Bonchev–Trinajstić information content (AvgIpc) is 3.31. The van der Waals surface area contributed by atoms with Crippen LogP contribution < -0.4 is 5.32 Å². The summed E-state index contributed by atoms with van der Waals surface area (Å²) in [4.78, 5) is 60.2. The van der Waals surface area contributed by atoms with Gasteiger partial charge in [0.15, 0.2) is 6.10 Å². The first-order valence-corrected chi connectivity index (χ1v) is 19.8. The number of phenolic OH excluding ortho intramolecular Hbond substituents is 1. The zero-order valence-electron chi connectivity index (χ0n) is 29.5. The third-order valence-corrected chi connectivity index (χ3v) is 12.4. The van der Waals surface area contributed by atoms with Crippen molar-refractivity contribution >= 4 is 61.5 Å². The summed E-state index contributed by atoms with van der Waals surface area (Å²) in [6.45, 7) is 4.38. The molecule has 4 aliphatic rings. The maximum absolute atomic E-state index is 14.1.